The van der Waals surface area contributed by atoms with Gasteiger partial charge in [0.05, 0.1) is 29.3 Å². The number of H-pyrrole nitrogens is 1. The summed E-state index contributed by atoms with van der Waals surface area (Å²) in [5.74, 6) is 0. The fourth-order valence-corrected chi connectivity index (χ4v) is 2.61. The van der Waals surface area contributed by atoms with E-state index in [2.05, 4.69) is 4.98 Å². The molecule has 3 rings (SSSR count). The van der Waals surface area contributed by atoms with Gasteiger partial charge in [0, 0.05) is 35.7 Å². The zero-order valence-electron chi connectivity index (χ0n) is 10.5. The molecule has 20 heavy (non-hydrogen) atoms. The molecule has 0 saturated carbocycles. The lowest BCUT2D eigenvalue weighted by molar-refractivity contribution is -0.384. The standard InChI is InChI=1S/C13H14N2O5/c16-6-13-11(17)4-12(20-13)9-5-14-10-3-7(15(18)19)1-2-8(9)10/h1-3,5,11-14,16-17H,4,6H2/t11-,12?,13+/m0/s1. The summed E-state index contributed by atoms with van der Waals surface area (Å²) in [6, 6.07) is 4.57. The van der Waals surface area contributed by atoms with Crippen LogP contribution < -0.4 is 0 Å². The van der Waals surface area contributed by atoms with Crippen molar-refractivity contribution in [3.8, 4) is 0 Å². The molecule has 0 aliphatic carbocycles. The van der Waals surface area contributed by atoms with Gasteiger partial charge in [0.25, 0.3) is 5.69 Å². The maximum atomic E-state index is 10.7. The first-order valence-electron chi connectivity index (χ1n) is 6.30. The molecule has 0 radical (unpaired) electrons. The number of benzene rings is 1. The summed E-state index contributed by atoms with van der Waals surface area (Å²) in [5, 5.41) is 30.4. The average Bonchev–Trinajstić information content (AvgIpc) is 3.00. The summed E-state index contributed by atoms with van der Waals surface area (Å²) < 4.78 is 5.60. The number of rotatable bonds is 3. The van der Waals surface area contributed by atoms with Crippen LogP contribution in [0.2, 0.25) is 0 Å². The molecule has 0 amide bonds. The van der Waals surface area contributed by atoms with E-state index < -0.39 is 17.1 Å². The van der Waals surface area contributed by atoms with Crippen LogP contribution in [0, 0.1) is 10.1 Å². The van der Waals surface area contributed by atoms with Gasteiger partial charge >= 0.3 is 0 Å². The van der Waals surface area contributed by atoms with Crippen molar-refractivity contribution in [1.29, 1.82) is 0 Å². The lowest BCUT2D eigenvalue weighted by Crippen LogP contribution is -2.24. The predicted octanol–water partition coefficient (Wildman–Crippen LogP) is 1.26. The van der Waals surface area contributed by atoms with Gasteiger partial charge in [0.15, 0.2) is 0 Å². The fourth-order valence-electron chi connectivity index (χ4n) is 2.61. The highest BCUT2D eigenvalue weighted by Gasteiger charge is 2.35. The van der Waals surface area contributed by atoms with E-state index in [0.717, 1.165) is 10.9 Å². The summed E-state index contributed by atoms with van der Waals surface area (Å²) >= 11 is 0. The number of nitro groups is 1. The zero-order valence-corrected chi connectivity index (χ0v) is 10.5. The second-order valence-corrected chi connectivity index (χ2v) is 4.88. The number of nitro benzene ring substituents is 1. The molecule has 7 heteroatoms. The van der Waals surface area contributed by atoms with Crippen molar-refractivity contribution in [2.45, 2.75) is 24.7 Å². The van der Waals surface area contributed by atoms with Gasteiger partial charge in [-0.3, -0.25) is 10.1 Å². The zero-order chi connectivity index (χ0) is 14.3. The van der Waals surface area contributed by atoms with Gasteiger partial charge in [0.2, 0.25) is 0 Å². The predicted molar refractivity (Wildman–Crippen MR) is 70.3 cm³/mol. The molecule has 1 aliphatic heterocycles. The van der Waals surface area contributed by atoms with E-state index in [4.69, 9.17) is 9.84 Å². The van der Waals surface area contributed by atoms with E-state index in [0.29, 0.717) is 11.9 Å². The van der Waals surface area contributed by atoms with E-state index in [1.165, 1.54) is 12.1 Å². The highest BCUT2D eigenvalue weighted by Crippen LogP contribution is 2.37. The van der Waals surface area contributed by atoms with Crippen molar-refractivity contribution in [2.24, 2.45) is 0 Å². The first kappa shape index (κ1) is 13.0. The van der Waals surface area contributed by atoms with E-state index in [-0.39, 0.29) is 18.4 Å². The minimum atomic E-state index is -0.701. The van der Waals surface area contributed by atoms with Crippen molar-refractivity contribution < 1.29 is 19.9 Å². The molecule has 0 bridgehead atoms. The van der Waals surface area contributed by atoms with E-state index in [1.807, 2.05) is 0 Å². The SMILES string of the molecule is O=[N+]([O-])c1ccc2c(C3C[C@H](O)[C@@H](CO)O3)c[nH]c2c1. The van der Waals surface area contributed by atoms with Crippen LogP contribution in [-0.4, -0.2) is 38.9 Å². The van der Waals surface area contributed by atoms with Crippen LogP contribution in [0.5, 0.6) is 0 Å². The third kappa shape index (κ3) is 2.05. The molecular weight excluding hydrogens is 264 g/mol. The van der Waals surface area contributed by atoms with E-state index in [1.54, 1.807) is 12.3 Å². The van der Waals surface area contributed by atoms with Gasteiger partial charge in [0.1, 0.15) is 6.10 Å². The lowest BCUT2D eigenvalue weighted by atomic mass is 10.0. The number of hydrogen-bond acceptors (Lipinski definition) is 5. The highest BCUT2D eigenvalue weighted by atomic mass is 16.6. The van der Waals surface area contributed by atoms with Gasteiger partial charge in [-0.1, -0.05) is 0 Å². The Labute approximate surface area is 113 Å². The second-order valence-electron chi connectivity index (χ2n) is 4.88. The Balaban J connectivity index is 1.95. The highest BCUT2D eigenvalue weighted by molar-refractivity contribution is 5.85. The molecule has 0 spiro atoms. The number of aromatic nitrogens is 1. The van der Waals surface area contributed by atoms with Crippen LogP contribution in [0.25, 0.3) is 10.9 Å². The van der Waals surface area contributed by atoms with Gasteiger partial charge in [-0.2, -0.15) is 0 Å². The second kappa shape index (κ2) is 4.86. The molecule has 106 valence electrons. The topological polar surface area (TPSA) is 109 Å². The number of aliphatic hydroxyl groups excluding tert-OH is 2. The van der Waals surface area contributed by atoms with Crippen molar-refractivity contribution in [1.82, 2.24) is 4.98 Å². The number of ether oxygens (including phenoxy) is 1. The molecule has 2 heterocycles. The molecular formula is C13H14N2O5. The maximum Gasteiger partial charge on any atom is 0.271 e. The first-order valence-corrected chi connectivity index (χ1v) is 6.30. The fraction of sp³-hybridized carbons (Fsp3) is 0.385. The molecule has 1 aromatic carbocycles. The Morgan fingerprint density at radius 2 is 2.30 bits per heavy atom. The van der Waals surface area contributed by atoms with Crippen LogP contribution in [0.1, 0.15) is 18.1 Å². The summed E-state index contributed by atoms with van der Waals surface area (Å²) in [7, 11) is 0. The Morgan fingerprint density at radius 3 is 2.95 bits per heavy atom. The quantitative estimate of drug-likeness (QED) is 0.578. The molecule has 3 atom stereocenters. The third-order valence-corrected chi connectivity index (χ3v) is 3.66. The molecule has 2 aromatic rings. The molecule has 1 unspecified atom stereocenters. The normalized spacial score (nSPS) is 26.2. The number of non-ortho nitro benzene ring substituents is 1. The van der Waals surface area contributed by atoms with Crippen LogP contribution >= 0.6 is 0 Å². The number of aromatic amines is 1. The summed E-state index contributed by atoms with van der Waals surface area (Å²) in [5.41, 5.74) is 1.51. The largest absolute Gasteiger partial charge is 0.394 e. The van der Waals surface area contributed by atoms with Crippen molar-refractivity contribution in [3.05, 3.63) is 40.1 Å². The molecule has 3 N–H and O–H groups in total. The number of fused-ring (bicyclic) bond motifs is 1. The van der Waals surface area contributed by atoms with Crippen molar-refractivity contribution in [2.75, 3.05) is 6.61 Å². The molecule has 1 fully saturated rings. The minimum absolute atomic E-state index is 0.0199. The lowest BCUT2D eigenvalue weighted by Gasteiger charge is -2.11. The Morgan fingerprint density at radius 1 is 1.50 bits per heavy atom. The monoisotopic (exact) mass is 278 g/mol. The molecule has 1 aromatic heterocycles. The van der Waals surface area contributed by atoms with Crippen LogP contribution in [-0.2, 0) is 4.74 Å². The van der Waals surface area contributed by atoms with E-state index >= 15 is 0 Å². The number of nitrogens with one attached hydrogen (secondary N) is 1. The average molecular weight is 278 g/mol. The van der Waals surface area contributed by atoms with Crippen LogP contribution in [0.4, 0.5) is 5.69 Å². The van der Waals surface area contributed by atoms with Crippen LogP contribution in [0.15, 0.2) is 24.4 Å². The summed E-state index contributed by atoms with van der Waals surface area (Å²) in [4.78, 5) is 13.3. The first-order chi connectivity index (χ1) is 9.60. The Hall–Kier alpha value is -1.96. The van der Waals surface area contributed by atoms with Gasteiger partial charge in [-0.05, 0) is 6.07 Å². The number of aliphatic hydroxyl groups is 2. The summed E-state index contributed by atoms with van der Waals surface area (Å²) in [6.45, 7) is -0.231. The smallest absolute Gasteiger partial charge is 0.271 e. The summed E-state index contributed by atoms with van der Waals surface area (Å²) in [6.07, 6.45) is 0.522. The van der Waals surface area contributed by atoms with Gasteiger partial charge in [-0.25, -0.2) is 0 Å². The van der Waals surface area contributed by atoms with Crippen molar-refractivity contribution in [3.63, 3.8) is 0 Å². The number of nitrogens with zero attached hydrogens (tertiary/aromatic N) is 1. The van der Waals surface area contributed by atoms with Gasteiger partial charge < -0.3 is 19.9 Å². The van der Waals surface area contributed by atoms with Gasteiger partial charge in [-0.15, -0.1) is 0 Å². The molecule has 1 saturated heterocycles. The Kier molecular flexibility index (Phi) is 3.17. The Bertz CT molecular complexity index is 653. The maximum absolute atomic E-state index is 10.7. The number of hydrogen-bond donors (Lipinski definition) is 3. The molecule has 7 nitrogen and oxygen atoms in total. The third-order valence-electron chi connectivity index (χ3n) is 3.66. The van der Waals surface area contributed by atoms with Crippen LogP contribution in [0.3, 0.4) is 0 Å². The van der Waals surface area contributed by atoms with Crippen molar-refractivity contribution >= 4 is 16.6 Å². The molecule has 1 aliphatic rings. The minimum Gasteiger partial charge on any atom is -0.394 e. The van der Waals surface area contributed by atoms with E-state index in [9.17, 15) is 15.2 Å².